The maximum atomic E-state index is 12.1. The number of methoxy groups -OCH3 is 1. The third kappa shape index (κ3) is 5.13. The quantitative estimate of drug-likeness (QED) is 0.518. The summed E-state index contributed by atoms with van der Waals surface area (Å²) < 4.78 is 5.20. The highest BCUT2D eigenvalue weighted by atomic mass is 16.5. The smallest absolute Gasteiger partial charge is 0.319 e. The van der Waals surface area contributed by atoms with Crippen molar-refractivity contribution in [2.24, 2.45) is 0 Å². The number of nitrogens with one attached hydrogen (secondary N) is 3. The molecule has 162 valence electrons. The third-order valence-corrected chi connectivity index (χ3v) is 5.36. The van der Waals surface area contributed by atoms with Gasteiger partial charge in [0.2, 0.25) is 5.95 Å². The van der Waals surface area contributed by atoms with Crippen LogP contribution in [0, 0.1) is 11.3 Å². The van der Waals surface area contributed by atoms with Gasteiger partial charge in [0.15, 0.2) is 0 Å². The lowest BCUT2D eigenvalue weighted by Gasteiger charge is -2.13. The summed E-state index contributed by atoms with van der Waals surface area (Å²) in [5.74, 6) is 0.950. The first-order valence-corrected chi connectivity index (χ1v) is 10.5. The SMILES string of the molecule is COc1ccc(-c2ccnc(Nc3ccc(NC(=O)NC4CCCC4)cc3)n2)cc1C#N. The van der Waals surface area contributed by atoms with Gasteiger partial charge < -0.3 is 20.7 Å². The molecule has 1 fully saturated rings. The van der Waals surface area contributed by atoms with Crippen LogP contribution in [0.2, 0.25) is 0 Å². The zero-order valence-corrected chi connectivity index (χ0v) is 17.8. The molecule has 1 saturated carbocycles. The Bertz CT molecular complexity index is 1130. The van der Waals surface area contributed by atoms with Crippen LogP contribution in [0.25, 0.3) is 11.3 Å². The number of anilines is 3. The van der Waals surface area contributed by atoms with Crippen molar-refractivity contribution in [1.82, 2.24) is 15.3 Å². The average Bonchev–Trinajstić information content (AvgIpc) is 3.33. The Morgan fingerprint density at radius 3 is 2.56 bits per heavy atom. The zero-order valence-electron chi connectivity index (χ0n) is 17.8. The number of aromatic nitrogens is 2. The number of ether oxygens (including phenoxy) is 1. The lowest BCUT2D eigenvalue weighted by atomic mass is 10.1. The van der Waals surface area contributed by atoms with E-state index in [0.717, 1.165) is 24.1 Å². The molecule has 0 aliphatic heterocycles. The fourth-order valence-electron chi connectivity index (χ4n) is 3.72. The third-order valence-electron chi connectivity index (χ3n) is 5.36. The van der Waals surface area contributed by atoms with E-state index in [1.54, 1.807) is 24.4 Å². The monoisotopic (exact) mass is 428 g/mol. The molecule has 4 rings (SSSR count). The summed E-state index contributed by atoms with van der Waals surface area (Å²) in [6.45, 7) is 0. The summed E-state index contributed by atoms with van der Waals surface area (Å²) in [6, 6.07) is 16.7. The maximum absolute atomic E-state index is 12.1. The molecule has 1 aliphatic rings. The van der Waals surface area contributed by atoms with Gasteiger partial charge in [-0.15, -0.1) is 0 Å². The topological polar surface area (TPSA) is 112 Å². The molecule has 0 bridgehead atoms. The summed E-state index contributed by atoms with van der Waals surface area (Å²) in [5.41, 5.74) is 3.42. The minimum atomic E-state index is -0.176. The fourth-order valence-corrected chi connectivity index (χ4v) is 3.72. The van der Waals surface area contributed by atoms with Crippen LogP contribution in [0.15, 0.2) is 54.7 Å². The molecule has 0 saturated heterocycles. The first kappa shape index (κ1) is 21.1. The number of amides is 2. The fraction of sp³-hybridized carbons (Fsp3) is 0.250. The number of hydrogen-bond donors (Lipinski definition) is 3. The Kier molecular flexibility index (Phi) is 6.46. The predicted octanol–water partition coefficient (Wildman–Crippen LogP) is 4.83. The number of hydrogen-bond acceptors (Lipinski definition) is 6. The van der Waals surface area contributed by atoms with Gasteiger partial charge in [-0.3, -0.25) is 0 Å². The van der Waals surface area contributed by atoms with Crippen LogP contribution in [-0.2, 0) is 0 Å². The molecule has 3 N–H and O–H groups in total. The van der Waals surface area contributed by atoms with Crippen molar-refractivity contribution in [3.8, 4) is 23.1 Å². The second-order valence-corrected chi connectivity index (χ2v) is 7.57. The van der Waals surface area contributed by atoms with E-state index in [-0.39, 0.29) is 12.1 Å². The number of nitriles is 1. The van der Waals surface area contributed by atoms with Crippen molar-refractivity contribution >= 4 is 23.4 Å². The van der Waals surface area contributed by atoms with E-state index in [1.165, 1.54) is 20.0 Å². The van der Waals surface area contributed by atoms with Gasteiger partial charge in [-0.1, -0.05) is 12.8 Å². The number of nitrogens with zero attached hydrogens (tertiary/aromatic N) is 3. The van der Waals surface area contributed by atoms with Crippen LogP contribution in [-0.4, -0.2) is 29.2 Å². The van der Waals surface area contributed by atoms with Gasteiger partial charge in [-0.2, -0.15) is 5.26 Å². The van der Waals surface area contributed by atoms with Gasteiger partial charge in [0.25, 0.3) is 0 Å². The van der Waals surface area contributed by atoms with E-state index in [4.69, 9.17) is 4.74 Å². The predicted molar refractivity (Wildman–Crippen MR) is 123 cm³/mol. The van der Waals surface area contributed by atoms with Crippen LogP contribution >= 0.6 is 0 Å². The molecule has 0 atom stereocenters. The Balaban J connectivity index is 1.41. The van der Waals surface area contributed by atoms with Crippen molar-refractivity contribution in [3.05, 3.63) is 60.3 Å². The van der Waals surface area contributed by atoms with Crippen molar-refractivity contribution in [2.45, 2.75) is 31.7 Å². The normalized spacial score (nSPS) is 13.2. The van der Waals surface area contributed by atoms with Crippen LogP contribution in [0.3, 0.4) is 0 Å². The largest absolute Gasteiger partial charge is 0.495 e. The molecule has 2 amide bonds. The van der Waals surface area contributed by atoms with Gasteiger partial charge in [0.05, 0.1) is 18.4 Å². The van der Waals surface area contributed by atoms with Crippen LogP contribution < -0.4 is 20.7 Å². The van der Waals surface area contributed by atoms with E-state index in [0.29, 0.717) is 28.6 Å². The molecule has 1 aromatic heterocycles. The van der Waals surface area contributed by atoms with Gasteiger partial charge in [0.1, 0.15) is 11.8 Å². The van der Waals surface area contributed by atoms with Gasteiger partial charge in [0, 0.05) is 29.2 Å². The lowest BCUT2D eigenvalue weighted by Crippen LogP contribution is -2.36. The Morgan fingerprint density at radius 2 is 1.84 bits per heavy atom. The molecule has 3 aromatic rings. The highest BCUT2D eigenvalue weighted by Gasteiger charge is 2.17. The Labute approximate surface area is 186 Å². The molecule has 0 spiro atoms. The Morgan fingerprint density at radius 1 is 1.09 bits per heavy atom. The van der Waals surface area contributed by atoms with Gasteiger partial charge in [-0.25, -0.2) is 14.8 Å². The van der Waals surface area contributed by atoms with Gasteiger partial charge >= 0.3 is 6.03 Å². The number of urea groups is 1. The van der Waals surface area contributed by atoms with Gasteiger partial charge in [-0.05, 0) is 61.4 Å². The minimum Gasteiger partial charge on any atom is -0.495 e. The van der Waals surface area contributed by atoms with E-state index >= 15 is 0 Å². The van der Waals surface area contributed by atoms with E-state index in [9.17, 15) is 10.1 Å². The van der Waals surface area contributed by atoms with Crippen LogP contribution in [0.1, 0.15) is 31.2 Å². The first-order valence-electron chi connectivity index (χ1n) is 10.5. The summed E-state index contributed by atoms with van der Waals surface area (Å²) in [7, 11) is 1.53. The summed E-state index contributed by atoms with van der Waals surface area (Å²) in [5, 5.41) is 18.3. The van der Waals surface area contributed by atoms with Crippen molar-refractivity contribution in [1.29, 1.82) is 5.26 Å². The van der Waals surface area contributed by atoms with Crippen molar-refractivity contribution in [3.63, 3.8) is 0 Å². The molecule has 1 heterocycles. The van der Waals surface area contributed by atoms with E-state index < -0.39 is 0 Å². The molecule has 0 radical (unpaired) electrons. The maximum Gasteiger partial charge on any atom is 0.319 e. The minimum absolute atomic E-state index is 0.176. The Hall–Kier alpha value is -4.12. The molecule has 32 heavy (non-hydrogen) atoms. The lowest BCUT2D eigenvalue weighted by molar-refractivity contribution is 0.248. The molecule has 2 aromatic carbocycles. The zero-order chi connectivity index (χ0) is 22.3. The number of carbonyl (C=O) groups is 1. The molecule has 8 nitrogen and oxygen atoms in total. The van der Waals surface area contributed by atoms with Crippen molar-refractivity contribution < 1.29 is 9.53 Å². The van der Waals surface area contributed by atoms with Crippen molar-refractivity contribution in [2.75, 3.05) is 17.7 Å². The van der Waals surface area contributed by atoms with Crippen LogP contribution in [0.5, 0.6) is 5.75 Å². The summed E-state index contributed by atoms with van der Waals surface area (Å²) >= 11 is 0. The first-order chi connectivity index (χ1) is 15.6. The van der Waals surface area contributed by atoms with E-state index in [1.807, 2.05) is 30.3 Å². The molecule has 0 unspecified atom stereocenters. The number of rotatable bonds is 6. The standard InChI is InChI=1S/C24H24N6O2/c1-32-22-11-6-16(14-17(22)15-25)21-12-13-26-23(30-21)27-19-7-9-20(10-8-19)29-24(31)28-18-4-2-3-5-18/h6-14,18H,2-5H2,1H3,(H,26,27,30)(H2,28,29,31). The number of benzene rings is 2. The second-order valence-electron chi connectivity index (χ2n) is 7.57. The molecule has 8 heteroatoms. The summed E-state index contributed by atoms with van der Waals surface area (Å²) in [6.07, 6.45) is 6.09. The van der Waals surface area contributed by atoms with Crippen LogP contribution in [0.4, 0.5) is 22.1 Å². The number of carbonyl (C=O) groups excluding carboxylic acids is 1. The average molecular weight is 428 g/mol. The molecular weight excluding hydrogens is 404 g/mol. The van der Waals surface area contributed by atoms with E-state index in [2.05, 4.69) is 32.0 Å². The molecular formula is C24H24N6O2. The highest BCUT2D eigenvalue weighted by molar-refractivity contribution is 5.89. The second kappa shape index (κ2) is 9.79. The highest BCUT2D eigenvalue weighted by Crippen LogP contribution is 2.26. The molecule has 1 aliphatic carbocycles. The summed E-state index contributed by atoms with van der Waals surface area (Å²) in [4.78, 5) is 20.9.